The fourth-order valence-corrected chi connectivity index (χ4v) is 2.33. The molecule has 1 saturated heterocycles. The molecule has 0 N–H and O–H groups in total. The molecule has 1 aliphatic rings. The predicted octanol–water partition coefficient (Wildman–Crippen LogP) is 1.90. The summed E-state index contributed by atoms with van der Waals surface area (Å²) in [5.41, 5.74) is -0.576. The molecule has 1 rings (SSSR count). The second kappa shape index (κ2) is 5.99. The zero-order valence-corrected chi connectivity index (χ0v) is 13.5. The highest BCUT2D eigenvalue weighted by Gasteiger charge is 2.46. The van der Waals surface area contributed by atoms with Crippen LogP contribution in [0, 0.1) is 11.8 Å². The van der Waals surface area contributed by atoms with Crippen molar-refractivity contribution >= 4 is 12.0 Å². The molecule has 3 atom stereocenters. The lowest BCUT2D eigenvalue weighted by atomic mass is 9.94. The van der Waals surface area contributed by atoms with Gasteiger partial charge in [-0.05, 0) is 32.6 Å². The lowest BCUT2D eigenvalue weighted by molar-refractivity contribution is -0.174. The van der Waals surface area contributed by atoms with Gasteiger partial charge in [-0.25, -0.2) is 9.86 Å². The Labute approximate surface area is 121 Å². The third kappa shape index (κ3) is 3.62. The Morgan fingerprint density at radius 1 is 1.25 bits per heavy atom. The first-order valence-electron chi connectivity index (χ1n) is 6.89. The van der Waals surface area contributed by atoms with Crippen molar-refractivity contribution in [2.75, 3.05) is 20.7 Å². The Morgan fingerprint density at radius 3 is 2.25 bits per heavy atom. The van der Waals surface area contributed by atoms with Gasteiger partial charge in [0, 0.05) is 13.6 Å². The van der Waals surface area contributed by atoms with Crippen molar-refractivity contribution in [3.63, 3.8) is 0 Å². The quantitative estimate of drug-likeness (QED) is 0.727. The Morgan fingerprint density at radius 2 is 1.80 bits per heavy atom. The molecular formula is C14H26N2O4. The van der Waals surface area contributed by atoms with Crippen LogP contribution in [-0.2, 0) is 14.4 Å². The number of carbonyl (C=O) groups is 2. The van der Waals surface area contributed by atoms with Crippen LogP contribution in [0.1, 0.15) is 34.6 Å². The molecule has 116 valence electrons. The van der Waals surface area contributed by atoms with E-state index in [9.17, 15) is 9.59 Å². The molecule has 2 amide bonds. The largest absolute Gasteiger partial charge is 0.444 e. The fraction of sp³-hybridized carbons (Fsp3) is 0.857. The van der Waals surface area contributed by atoms with Gasteiger partial charge >= 0.3 is 6.09 Å². The highest BCUT2D eigenvalue weighted by atomic mass is 16.7. The standard InChI is InChI=1S/C14H26N2O4/c1-9-8-16(13(18)20-14(3,4)5)11(10(9)2)12(17)15(6)19-7/h9-11H,8H2,1-7H3. The smallest absolute Gasteiger partial charge is 0.410 e. The SMILES string of the molecule is CON(C)C(=O)C1C(C)C(C)CN1C(=O)OC(C)(C)C. The molecule has 1 heterocycles. The molecule has 0 saturated carbocycles. The number of amides is 2. The Balaban J connectivity index is 2.93. The van der Waals surface area contributed by atoms with E-state index in [0.29, 0.717) is 6.54 Å². The van der Waals surface area contributed by atoms with Gasteiger partial charge in [0.05, 0.1) is 7.11 Å². The van der Waals surface area contributed by atoms with Crippen LogP contribution < -0.4 is 0 Å². The van der Waals surface area contributed by atoms with Crippen LogP contribution in [0.2, 0.25) is 0 Å². The number of likely N-dealkylation sites (N-methyl/N-ethyl adjacent to an activating group) is 1. The van der Waals surface area contributed by atoms with Gasteiger partial charge in [0.1, 0.15) is 11.6 Å². The molecule has 0 bridgehead atoms. The first kappa shape index (κ1) is 16.8. The maximum absolute atomic E-state index is 12.4. The van der Waals surface area contributed by atoms with E-state index in [2.05, 4.69) is 0 Å². The highest BCUT2D eigenvalue weighted by molar-refractivity contribution is 5.86. The topological polar surface area (TPSA) is 59.1 Å². The minimum atomic E-state index is -0.576. The van der Waals surface area contributed by atoms with Gasteiger partial charge in [-0.1, -0.05) is 13.8 Å². The molecule has 6 nitrogen and oxygen atoms in total. The van der Waals surface area contributed by atoms with Crippen LogP contribution in [-0.4, -0.2) is 54.3 Å². The number of likely N-dealkylation sites (tertiary alicyclic amines) is 1. The molecule has 0 aromatic carbocycles. The predicted molar refractivity (Wildman–Crippen MR) is 74.8 cm³/mol. The van der Waals surface area contributed by atoms with E-state index in [1.165, 1.54) is 12.0 Å². The summed E-state index contributed by atoms with van der Waals surface area (Å²) in [6.07, 6.45) is -0.448. The van der Waals surface area contributed by atoms with E-state index < -0.39 is 17.7 Å². The maximum atomic E-state index is 12.4. The van der Waals surface area contributed by atoms with Gasteiger partial charge in [-0.3, -0.25) is 14.5 Å². The molecule has 0 aromatic rings. The Hall–Kier alpha value is -1.30. The minimum Gasteiger partial charge on any atom is -0.444 e. The summed E-state index contributed by atoms with van der Waals surface area (Å²) in [5.74, 6) is 0.0737. The first-order valence-corrected chi connectivity index (χ1v) is 6.89. The number of rotatable bonds is 2. The van der Waals surface area contributed by atoms with Crippen molar-refractivity contribution in [3.05, 3.63) is 0 Å². The van der Waals surface area contributed by atoms with Crippen molar-refractivity contribution in [1.82, 2.24) is 9.96 Å². The summed E-state index contributed by atoms with van der Waals surface area (Å²) < 4.78 is 5.39. The van der Waals surface area contributed by atoms with Crippen LogP contribution in [0.3, 0.4) is 0 Å². The van der Waals surface area contributed by atoms with Gasteiger partial charge in [0.2, 0.25) is 0 Å². The van der Waals surface area contributed by atoms with Crippen molar-refractivity contribution in [2.24, 2.45) is 11.8 Å². The zero-order valence-electron chi connectivity index (χ0n) is 13.5. The molecule has 6 heteroatoms. The van der Waals surface area contributed by atoms with Crippen molar-refractivity contribution in [2.45, 2.75) is 46.3 Å². The minimum absolute atomic E-state index is 0.0626. The average molecular weight is 286 g/mol. The third-order valence-electron chi connectivity index (χ3n) is 3.68. The molecule has 0 aromatic heterocycles. The summed E-state index contributed by atoms with van der Waals surface area (Å²) in [6, 6.07) is -0.537. The maximum Gasteiger partial charge on any atom is 0.410 e. The van der Waals surface area contributed by atoms with Crippen LogP contribution in [0.15, 0.2) is 0 Å². The van der Waals surface area contributed by atoms with Crippen molar-refractivity contribution < 1.29 is 19.2 Å². The van der Waals surface area contributed by atoms with E-state index in [0.717, 1.165) is 5.06 Å². The third-order valence-corrected chi connectivity index (χ3v) is 3.68. The summed E-state index contributed by atoms with van der Waals surface area (Å²) in [6.45, 7) is 9.96. The fourth-order valence-electron chi connectivity index (χ4n) is 2.33. The number of carbonyl (C=O) groups excluding carboxylic acids is 2. The average Bonchev–Trinajstić information content (AvgIpc) is 2.62. The van der Waals surface area contributed by atoms with E-state index >= 15 is 0 Å². The van der Waals surface area contributed by atoms with Crippen molar-refractivity contribution in [1.29, 1.82) is 0 Å². The highest BCUT2D eigenvalue weighted by Crippen LogP contribution is 2.31. The van der Waals surface area contributed by atoms with E-state index in [4.69, 9.17) is 9.57 Å². The van der Waals surface area contributed by atoms with Gasteiger partial charge < -0.3 is 4.74 Å². The Kier molecular flexibility index (Phi) is 5.02. The molecule has 1 aliphatic heterocycles. The van der Waals surface area contributed by atoms with Gasteiger partial charge in [-0.15, -0.1) is 0 Å². The zero-order chi connectivity index (χ0) is 15.7. The molecular weight excluding hydrogens is 260 g/mol. The lowest BCUT2D eigenvalue weighted by Crippen LogP contribution is -2.49. The van der Waals surface area contributed by atoms with E-state index in [-0.39, 0.29) is 17.7 Å². The first-order chi connectivity index (χ1) is 9.08. The molecule has 1 fully saturated rings. The number of hydroxylamine groups is 2. The second-order valence-corrected chi connectivity index (χ2v) is 6.43. The normalized spacial score (nSPS) is 26.6. The summed E-state index contributed by atoms with van der Waals surface area (Å²) >= 11 is 0. The van der Waals surface area contributed by atoms with E-state index in [1.54, 1.807) is 7.05 Å². The number of hydrogen-bond acceptors (Lipinski definition) is 4. The number of ether oxygens (including phenoxy) is 1. The van der Waals surface area contributed by atoms with Crippen LogP contribution in [0.25, 0.3) is 0 Å². The summed E-state index contributed by atoms with van der Waals surface area (Å²) in [7, 11) is 2.98. The van der Waals surface area contributed by atoms with Gasteiger partial charge in [0.15, 0.2) is 0 Å². The van der Waals surface area contributed by atoms with Gasteiger partial charge in [-0.2, -0.15) is 0 Å². The van der Waals surface area contributed by atoms with Gasteiger partial charge in [0.25, 0.3) is 5.91 Å². The summed E-state index contributed by atoms with van der Waals surface area (Å²) in [4.78, 5) is 31.1. The molecule has 20 heavy (non-hydrogen) atoms. The molecule has 0 radical (unpaired) electrons. The Bertz CT molecular complexity index is 378. The second-order valence-electron chi connectivity index (χ2n) is 6.43. The number of nitrogens with zero attached hydrogens (tertiary/aromatic N) is 2. The lowest BCUT2D eigenvalue weighted by Gasteiger charge is -2.30. The van der Waals surface area contributed by atoms with Crippen LogP contribution >= 0.6 is 0 Å². The summed E-state index contributed by atoms with van der Waals surface area (Å²) in [5, 5.41) is 1.16. The molecule has 0 spiro atoms. The van der Waals surface area contributed by atoms with Crippen LogP contribution in [0.4, 0.5) is 4.79 Å². The van der Waals surface area contributed by atoms with E-state index in [1.807, 2.05) is 34.6 Å². The number of hydrogen-bond donors (Lipinski definition) is 0. The van der Waals surface area contributed by atoms with Crippen LogP contribution in [0.5, 0.6) is 0 Å². The molecule has 3 unspecified atom stereocenters. The molecule has 0 aliphatic carbocycles. The monoisotopic (exact) mass is 286 g/mol. The van der Waals surface area contributed by atoms with Crippen molar-refractivity contribution in [3.8, 4) is 0 Å².